The minimum Gasteiger partial charge on any atom is -0.394 e. The van der Waals surface area contributed by atoms with Gasteiger partial charge in [0.05, 0.1) is 13.2 Å². The molecule has 2 rings (SSSR count). The van der Waals surface area contributed by atoms with Gasteiger partial charge >= 0.3 is 0 Å². The first-order valence-corrected chi connectivity index (χ1v) is 8.44. The number of rotatable bonds is 7. The molecule has 0 aromatic rings. The molecule has 160 valence electrons. The second-order valence-corrected chi connectivity index (χ2v) is 6.45. The smallest absolute Gasteiger partial charge is 0.187 e. The Bertz CT molecular complexity index is 459. The standard InChI is InChI=1S/C14H28N2O11/c15-1-6(16)24-3-5-7(18)8(19)11(22)14(26-5)27-12-4(2-17)25-13(23)10(21)9(12)20/h4-14,17-23H,1-3,15-16H2/t4-,5-,6?,7+,8+,9-,10-,11-,12-,13+,14+/m1/s1. The number of aliphatic hydroxyl groups is 7. The third-order valence-corrected chi connectivity index (χ3v) is 4.51. The number of aliphatic hydroxyl groups excluding tert-OH is 7. The maximum absolute atomic E-state index is 10.1. The van der Waals surface area contributed by atoms with Crippen molar-refractivity contribution in [3.63, 3.8) is 0 Å². The quantitative estimate of drug-likeness (QED) is 0.181. The van der Waals surface area contributed by atoms with Gasteiger partial charge in [-0.1, -0.05) is 0 Å². The summed E-state index contributed by atoms with van der Waals surface area (Å²) in [7, 11) is 0. The summed E-state index contributed by atoms with van der Waals surface area (Å²) < 4.78 is 20.9. The lowest BCUT2D eigenvalue weighted by Crippen LogP contribution is -2.64. The Kier molecular flexibility index (Phi) is 8.26. The highest BCUT2D eigenvalue weighted by molar-refractivity contribution is 4.93. The van der Waals surface area contributed by atoms with Gasteiger partial charge in [0.25, 0.3) is 0 Å². The highest BCUT2D eigenvalue weighted by atomic mass is 16.7. The molecule has 0 aromatic carbocycles. The van der Waals surface area contributed by atoms with Crippen molar-refractivity contribution in [2.24, 2.45) is 11.5 Å². The molecule has 13 nitrogen and oxygen atoms in total. The topological polar surface area (TPSA) is 231 Å². The maximum atomic E-state index is 10.1. The number of hydrogen-bond donors (Lipinski definition) is 9. The first-order valence-electron chi connectivity index (χ1n) is 8.44. The summed E-state index contributed by atoms with van der Waals surface area (Å²) in [6.45, 7) is -0.965. The molecule has 13 heteroatoms. The Morgan fingerprint density at radius 3 is 2.11 bits per heavy atom. The molecule has 2 heterocycles. The van der Waals surface area contributed by atoms with Crippen LogP contribution in [0.5, 0.6) is 0 Å². The Morgan fingerprint density at radius 2 is 1.52 bits per heavy atom. The number of nitrogens with two attached hydrogens (primary N) is 2. The molecule has 2 saturated heterocycles. The van der Waals surface area contributed by atoms with Crippen LogP contribution in [0.2, 0.25) is 0 Å². The van der Waals surface area contributed by atoms with E-state index < -0.39 is 74.2 Å². The maximum Gasteiger partial charge on any atom is 0.187 e. The minimum absolute atomic E-state index is 0.00206. The van der Waals surface area contributed by atoms with E-state index in [0.717, 1.165) is 0 Å². The second-order valence-electron chi connectivity index (χ2n) is 6.45. The fourth-order valence-corrected chi connectivity index (χ4v) is 2.84. The van der Waals surface area contributed by atoms with Crippen LogP contribution in [-0.4, -0.2) is 123 Å². The summed E-state index contributed by atoms with van der Waals surface area (Å²) in [6, 6.07) is 0. The molecule has 11 N–H and O–H groups in total. The second kappa shape index (κ2) is 9.80. The van der Waals surface area contributed by atoms with Gasteiger partial charge in [0.15, 0.2) is 12.6 Å². The van der Waals surface area contributed by atoms with E-state index in [9.17, 15) is 35.7 Å². The van der Waals surface area contributed by atoms with Crippen LogP contribution in [0.15, 0.2) is 0 Å². The number of ether oxygens (including phenoxy) is 4. The van der Waals surface area contributed by atoms with E-state index in [1.807, 2.05) is 0 Å². The van der Waals surface area contributed by atoms with Gasteiger partial charge in [0.1, 0.15) is 55.1 Å². The molecule has 0 bridgehead atoms. The van der Waals surface area contributed by atoms with E-state index in [-0.39, 0.29) is 13.2 Å². The fraction of sp³-hybridized carbons (Fsp3) is 1.00. The molecule has 2 aliphatic heterocycles. The van der Waals surface area contributed by atoms with Crippen molar-refractivity contribution in [1.82, 2.24) is 0 Å². The zero-order valence-corrected chi connectivity index (χ0v) is 14.4. The first-order chi connectivity index (χ1) is 12.7. The Hall–Kier alpha value is -0.520. The molecule has 2 fully saturated rings. The summed E-state index contributed by atoms with van der Waals surface area (Å²) in [5.41, 5.74) is 10.8. The predicted molar refractivity (Wildman–Crippen MR) is 84.5 cm³/mol. The fourth-order valence-electron chi connectivity index (χ4n) is 2.84. The molecule has 11 atom stereocenters. The van der Waals surface area contributed by atoms with Gasteiger partial charge in [-0.25, -0.2) is 0 Å². The highest BCUT2D eigenvalue weighted by Gasteiger charge is 2.50. The van der Waals surface area contributed by atoms with Crippen molar-refractivity contribution >= 4 is 0 Å². The van der Waals surface area contributed by atoms with Crippen LogP contribution in [0.25, 0.3) is 0 Å². The van der Waals surface area contributed by atoms with Crippen LogP contribution >= 0.6 is 0 Å². The van der Waals surface area contributed by atoms with E-state index in [0.29, 0.717) is 0 Å². The van der Waals surface area contributed by atoms with Crippen LogP contribution in [0.3, 0.4) is 0 Å². The molecule has 27 heavy (non-hydrogen) atoms. The van der Waals surface area contributed by atoms with E-state index >= 15 is 0 Å². The van der Waals surface area contributed by atoms with Crippen molar-refractivity contribution in [2.45, 2.75) is 67.6 Å². The lowest BCUT2D eigenvalue weighted by atomic mass is 9.97. The van der Waals surface area contributed by atoms with Gasteiger partial charge in [-0.2, -0.15) is 0 Å². The van der Waals surface area contributed by atoms with Crippen LogP contribution in [-0.2, 0) is 18.9 Å². The summed E-state index contributed by atoms with van der Waals surface area (Å²) in [5, 5.41) is 68.8. The normalized spacial score (nSPS) is 47.0. The summed E-state index contributed by atoms with van der Waals surface area (Å²) in [6.07, 6.45) is -16.4. The monoisotopic (exact) mass is 400 g/mol. The van der Waals surface area contributed by atoms with Crippen LogP contribution in [0.1, 0.15) is 0 Å². The molecule has 0 aromatic heterocycles. The SMILES string of the molecule is NCC(N)OC[C@H]1O[C@@H](O[C@H]2[C@H](O)[C@@H](O)[C@@H](O)O[C@@H]2CO)[C@H](O)[C@@H](O)[C@H]1O. The minimum atomic E-state index is -1.75. The molecule has 2 aliphatic rings. The van der Waals surface area contributed by atoms with Crippen molar-refractivity contribution in [2.75, 3.05) is 19.8 Å². The van der Waals surface area contributed by atoms with Crippen LogP contribution in [0.4, 0.5) is 0 Å². The van der Waals surface area contributed by atoms with Gasteiger partial charge in [-0.3, -0.25) is 0 Å². The third-order valence-electron chi connectivity index (χ3n) is 4.51. The van der Waals surface area contributed by atoms with E-state index in [4.69, 9.17) is 30.4 Å². The summed E-state index contributed by atoms with van der Waals surface area (Å²) in [5.74, 6) is 0. The molecular weight excluding hydrogens is 372 g/mol. The van der Waals surface area contributed by atoms with E-state index in [2.05, 4.69) is 0 Å². The van der Waals surface area contributed by atoms with E-state index in [1.54, 1.807) is 0 Å². The molecule has 0 aliphatic carbocycles. The Balaban J connectivity index is 2.08. The Labute approximate surface area is 154 Å². The van der Waals surface area contributed by atoms with Gasteiger partial charge in [0, 0.05) is 6.54 Å². The predicted octanol–water partition coefficient (Wildman–Crippen LogP) is -6.13. The van der Waals surface area contributed by atoms with Crippen molar-refractivity contribution < 1.29 is 54.7 Å². The third kappa shape index (κ3) is 5.10. The van der Waals surface area contributed by atoms with Gasteiger partial charge in [-0.05, 0) is 0 Å². The lowest BCUT2D eigenvalue weighted by Gasteiger charge is -2.45. The van der Waals surface area contributed by atoms with Crippen LogP contribution < -0.4 is 11.5 Å². The van der Waals surface area contributed by atoms with Crippen LogP contribution in [0, 0.1) is 0 Å². The van der Waals surface area contributed by atoms with Gasteiger partial charge in [0.2, 0.25) is 0 Å². The van der Waals surface area contributed by atoms with E-state index in [1.165, 1.54) is 0 Å². The molecule has 1 unspecified atom stereocenters. The zero-order valence-electron chi connectivity index (χ0n) is 14.4. The Morgan fingerprint density at radius 1 is 0.852 bits per heavy atom. The van der Waals surface area contributed by atoms with Gasteiger partial charge in [-0.15, -0.1) is 0 Å². The summed E-state index contributed by atoms with van der Waals surface area (Å²) in [4.78, 5) is 0. The molecular formula is C14H28N2O11. The van der Waals surface area contributed by atoms with Gasteiger partial charge < -0.3 is 66.2 Å². The molecule has 0 radical (unpaired) electrons. The molecule has 0 amide bonds. The zero-order chi connectivity index (χ0) is 20.3. The molecule has 0 saturated carbocycles. The van der Waals surface area contributed by atoms with Crippen molar-refractivity contribution in [1.29, 1.82) is 0 Å². The average molecular weight is 400 g/mol. The number of hydrogen-bond acceptors (Lipinski definition) is 13. The highest BCUT2D eigenvalue weighted by Crippen LogP contribution is 2.28. The average Bonchev–Trinajstić information content (AvgIpc) is 2.66. The summed E-state index contributed by atoms with van der Waals surface area (Å²) >= 11 is 0. The lowest BCUT2D eigenvalue weighted by molar-refractivity contribution is -0.356. The molecule has 0 spiro atoms. The first kappa shape index (κ1) is 22.8. The largest absolute Gasteiger partial charge is 0.394 e. The van der Waals surface area contributed by atoms with Crippen molar-refractivity contribution in [3.05, 3.63) is 0 Å². The van der Waals surface area contributed by atoms with Crippen molar-refractivity contribution in [3.8, 4) is 0 Å².